The highest BCUT2D eigenvalue weighted by Crippen LogP contribution is 2.47. The lowest BCUT2D eigenvalue weighted by molar-refractivity contribution is 0.342. The van der Waals surface area contributed by atoms with E-state index in [-0.39, 0.29) is 0 Å². The van der Waals surface area contributed by atoms with E-state index in [0.717, 1.165) is 15.3 Å². The van der Waals surface area contributed by atoms with Crippen LogP contribution in [0.5, 0.6) is 0 Å². The minimum absolute atomic E-state index is 0.734. The number of aryl methyl sites for hydroxylation is 1. The molecule has 92 valence electrons. The summed E-state index contributed by atoms with van der Waals surface area (Å²) in [6.07, 6.45) is 0. The molecule has 0 bridgehead atoms. The quantitative estimate of drug-likeness (QED) is 0.872. The van der Waals surface area contributed by atoms with Gasteiger partial charge in [0, 0.05) is 14.2 Å². The van der Waals surface area contributed by atoms with Gasteiger partial charge in [-0.2, -0.15) is 0 Å². The fraction of sp³-hybridized carbons (Fsp3) is 0.300. The van der Waals surface area contributed by atoms with Crippen LogP contribution in [0.15, 0.2) is 18.2 Å². The number of nitrogens with zero attached hydrogens (tertiary/aromatic N) is 1. The van der Waals surface area contributed by atoms with Crippen molar-refractivity contribution in [1.82, 2.24) is 4.98 Å². The van der Waals surface area contributed by atoms with Crippen molar-refractivity contribution in [1.29, 1.82) is 0 Å². The Kier molecular flexibility index (Phi) is 3.80. The fourth-order valence-electron chi connectivity index (χ4n) is 1.37. The summed E-state index contributed by atoms with van der Waals surface area (Å²) >= 11 is 6.78. The van der Waals surface area contributed by atoms with Crippen LogP contribution in [0.3, 0.4) is 0 Å². The molecular weight excluding hydrogens is 275 g/mol. The van der Waals surface area contributed by atoms with E-state index in [1.54, 1.807) is 11.3 Å². The van der Waals surface area contributed by atoms with Crippen LogP contribution in [0.1, 0.15) is 5.56 Å². The molecular formula is C10H13N2O2PS2. The van der Waals surface area contributed by atoms with E-state index in [1.807, 2.05) is 13.0 Å². The molecule has 0 unspecified atom stereocenters. The van der Waals surface area contributed by atoms with Crippen molar-refractivity contribution in [3.63, 3.8) is 0 Å². The van der Waals surface area contributed by atoms with Gasteiger partial charge in [0.05, 0.1) is 10.2 Å². The zero-order valence-corrected chi connectivity index (χ0v) is 12.3. The standard InChI is InChI=1S/C10H13N2O2PS2/c1-7-4-5-9-8(6-7)11-10(17-9)12-15(16,13-2)14-3/h4-6H,1-3H3,(H,11,12,16). The molecule has 0 atom stereocenters. The van der Waals surface area contributed by atoms with Gasteiger partial charge < -0.3 is 9.05 Å². The Morgan fingerprint density at radius 1 is 1.35 bits per heavy atom. The lowest BCUT2D eigenvalue weighted by atomic mass is 10.2. The number of thiazole rings is 1. The SMILES string of the molecule is COP(=S)(Nc1nc2cc(C)ccc2s1)OC. The molecule has 0 saturated heterocycles. The van der Waals surface area contributed by atoms with Crippen molar-refractivity contribution in [2.24, 2.45) is 0 Å². The molecule has 2 aromatic rings. The number of fused-ring (bicyclic) bond motifs is 1. The van der Waals surface area contributed by atoms with Crippen molar-refractivity contribution in [2.75, 3.05) is 19.3 Å². The van der Waals surface area contributed by atoms with Crippen LogP contribution in [0.2, 0.25) is 0 Å². The third-order valence-corrected chi connectivity index (χ3v) is 5.97. The second-order valence-electron chi connectivity index (χ2n) is 3.46. The Hall–Kier alpha value is -0.520. The first-order valence-electron chi connectivity index (χ1n) is 4.93. The van der Waals surface area contributed by atoms with E-state index in [4.69, 9.17) is 20.9 Å². The number of hydrogen-bond acceptors (Lipinski definition) is 5. The number of nitrogens with one attached hydrogen (secondary N) is 1. The Labute approximate surface area is 109 Å². The topological polar surface area (TPSA) is 43.4 Å². The first-order valence-corrected chi connectivity index (χ1v) is 8.39. The third-order valence-electron chi connectivity index (χ3n) is 2.26. The predicted molar refractivity (Wildman–Crippen MR) is 76.3 cm³/mol. The summed E-state index contributed by atoms with van der Waals surface area (Å²) in [5, 5.41) is 3.79. The Bertz CT molecular complexity index is 577. The second-order valence-corrected chi connectivity index (χ2v) is 7.89. The monoisotopic (exact) mass is 288 g/mol. The summed E-state index contributed by atoms with van der Waals surface area (Å²) in [4.78, 5) is 4.46. The van der Waals surface area contributed by atoms with E-state index < -0.39 is 6.64 Å². The first-order chi connectivity index (χ1) is 8.06. The first kappa shape index (κ1) is 12.9. The molecule has 0 amide bonds. The van der Waals surface area contributed by atoms with Crippen LogP contribution < -0.4 is 5.09 Å². The van der Waals surface area contributed by atoms with Gasteiger partial charge in [0.2, 0.25) is 0 Å². The fourth-order valence-corrected chi connectivity index (χ4v) is 3.66. The van der Waals surface area contributed by atoms with E-state index >= 15 is 0 Å². The average Bonchev–Trinajstić information content (AvgIpc) is 2.70. The normalized spacial score (nSPS) is 11.9. The molecule has 0 radical (unpaired) electrons. The molecule has 0 aliphatic heterocycles. The summed E-state index contributed by atoms with van der Waals surface area (Å²) in [5.74, 6) is 0. The Morgan fingerprint density at radius 3 is 2.71 bits per heavy atom. The van der Waals surface area contributed by atoms with Crippen LogP contribution in [0.4, 0.5) is 5.13 Å². The smallest absolute Gasteiger partial charge is 0.288 e. The van der Waals surface area contributed by atoms with Gasteiger partial charge in [0.1, 0.15) is 0 Å². The number of aromatic nitrogens is 1. The predicted octanol–water partition coefficient (Wildman–Crippen LogP) is 3.53. The summed E-state index contributed by atoms with van der Waals surface area (Å²) in [5.41, 5.74) is 2.15. The zero-order valence-electron chi connectivity index (χ0n) is 9.76. The summed E-state index contributed by atoms with van der Waals surface area (Å²) in [6, 6.07) is 6.16. The number of anilines is 1. The molecule has 0 aliphatic carbocycles. The summed E-state index contributed by atoms with van der Waals surface area (Å²) < 4.78 is 11.5. The van der Waals surface area contributed by atoms with Gasteiger partial charge in [-0.15, -0.1) is 0 Å². The number of benzene rings is 1. The van der Waals surface area contributed by atoms with Crippen LogP contribution in [-0.4, -0.2) is 19.2 Å². The highest BCUT2D eigenvalue weighted by molar-refractivity contribution is 8.10. The lowest BCUT2D eigenvalue weighted by Gasteiger charge is -2.17. The van der Waals surface area contributed by atoms with E-state index in [0.29, 0.717) is 0 Å². The number of hydrogen-bond donors (Lipinski definition) is 1. The lowest BCUT2D eigenvalue weighted by Crippen LogP contribution is -1.99. The number of rotatable bonds is 4. The molecule has 0 aliphatic rings. The molecule has 0 saturated carbocycles. The van der Waals surface area contributed by atoms with Crippen LogP contribution in [-0.2, 0) is 20.9 Å². The minimum Gasteiger partial charge on any atom is -0.317 e. The maximum atomic E-state index is 5.24. The zero-order chi connectivity index (χ0) is 12.5. The van der Waals surface area contributed by atoms with E-state index in [1.165, 1.54) is 19.8 Å². The average molecular weight is 288 g/mol. The molecule has 4 nitrogen and oxygen atoms in total. The molecule has 0 spiro atoms. The van der Waals surface area contributed by atoms with Gasteiger partial charge in [-0.1, -0.05) is 17.4 Å². The van der Waals surface area contributed by atoms with Crippen LogP contribution >= 0.6 is 18.0 Å². The molecule has 0 fully saturated rings. The molecule has 1 N–H and O–H groups in total. The summed E-state index contributed by atoms with van der Waals surface area (Å²) in [7, 11) is 3.07. The Morgan fingerprint density at radius 2 is 2.06 bits per heavy atom. The molecule has 1 aromatic carbocycles. The highest BCUT2D eigenvalue weighted by Gasteiger charge is 2.17. The van der Waals surface area contributed by atoms with Crippen LogP contribution in [0, 0.1) is 6.92 Å². The summed E-state index contributed by atoms with van der Waals surface area (Å²) in [6.45, 7) is -0.397. The van der Waals surface area contributed by atoms with Gasteiger partial charge in [-0.05, 0) is 36.4 Å². The molecule has 1 aromatic heterocycles. The van der Waals surface area contributed by atoms with Crippen molar-refractivity contribution in [3.8, 4) is 0 Å². The van der Waals surface area contributed by atoms with E-state index in [2.05, 4.69) is 22.2 Å². The van der Waals surface area contributed by atoms with Gasteiger partial charge in [0.15, 0.2) is 5.13 Å². The van der Waals surface area contributed by atoms with Gasteiger partial charge in [-0.25, -0.2) is 4.98 Å². The van der Waals surface area contributed by atoms with Crippen molar-refractivity contribution < 1.29 is 9.05 Å². The minimum atomic E-state index is -2.44. The molecule has 2 rings (SSSR count). The van der Waals surface area contributed by atoms with Gasteiger partial charge >= 0.3 is 0 Å². The van der Waals surface area contributed by atoms with Crippen LogP contribution in [0.25, 0.3) is 10.2 Å². The maximum Gasteiger partial charge on any atom is 0.288 e. The van der Waals surface area contributed by atoms with Crippen molar-refractivity contribution >= 4 is 45.1 Å². The van der Waals surface area contributed by atoms with Gasteiger partial charge in [0.25, 0.3) is 6.64 Å². The maximum absolute atomic E-state index is 5.24. The van der Waals surface area contributed by atoms with Crippen molar-refractivity contribution in [3.05, 3.63) is 23.8 Å². The van der Waals surface area contributed by atoms with Crippen molar-refractivity contribution in [2.45, 2.75) is 6.92 Å². The molecule has 7 heteroatoms. The molecule has 1 heterocycles. The molecule has 17 heavy (non-hydrogen) atoms. The Balaban J connectivity index is 2.34. The largest absolute Gasteiger partial charge is 0.317 e. The highest BCUT2D eigenvalue weighted by atomic mass is 32.5. The second kappa shape index (κ2) is 5.00. The van der Waals surface area contributed by atoms with E-state index in [9.17, 15) is 0 Å². The third kappa shape index (κ3) is 2.84. The van der Waals surface area contributed by atoms with Gasteiger partial charge in [-0.3, -0.25) is 5.09 Å².